The predicted molar refractivity (Wildman–Crippen MR) is 86.6 cm³/mol. The Morgan fingerprint density at radius 3 is 2.48 bits per heavy atom. The molecule has 0 radical (unpaired) electrons. The van der Waals surface area contributed by atoms with Crippen LogP contribution in [0.5, 0.6) is 0 Å². The molecule has 2 heterocycles. The van der Waals surface area contributed by atoms with Crippen molar-refractivity contribution in [1.82, 2.24) is 10.2 Å². The highest BCUT2D eigenvalue weighted by atomic mass is 35.5. The van der Waals surface area contributed by atoms with Crippen LogP contribution < -0.4 is 5.32 Å². The lowest BCUT2D eigenvalue weighted by molar-refractivity contribution is -0.135. The molecule has 1 N–H and O–H groups in total. The highest BCUT2D eigenvalue weighted by Gasteiger charge is 2.59. The average molecular weight is 313 g/mol. The number of piperidine rings is 1. The van der Waals surface area contributed by atoms with Crippen molar-refractivity contribution in [3.8, 4) is 0 Å². The van der Waals surface area contributed by atoms with Crippen molar-refractivity contribution in [2.75, 3.05) is 19.6 Å². The molecule has 2 saturated heterocycles. The zero-order chi connectivity index (χ0) is 13.6. The van der Waals surface area contributed by atoms with Crippen molar-refractivity contribution in [2.24, 2.45) is 17.3 Å². The van der Waals surface area contributed by atoms with Gasteiger partial charge in [-0.1, -0.05) is 12.8 Å². The van der Waals surface area contributed by atoms with E-state index in [-0.39, 0.29) is 12.4 Å². The fourth-order valence-corrected chi connectivity index (χ4v) is 5.27. The summed E-state index contributed by atoms with van der Waals surface area (Å²) >= 11 is 0. The number of hydrogen-bond acceptors (Lipinski definition) is 2. The van der Waals surface area contributed by atoms with Crippen LogP contribution in [0.25, 0.3) is 0 Å². The number of nitrogens with zero attached hydrogens (tertiary/aromatic N) is 1. The van der Waals surface area contributed by atoms with Crippen LogP contribution in [0.2, 0.25) is 0 Å². The van der Waals surface area contributed by atoms with Crippen LogP contribution in [-0.4, -0.2) is 36.5 Å². The second kappa shape index (κ2) is 6.08. The van der Waals surface area contributed by atoms with Gasteiger partial charge in [0, 0.05) is 18.5 Å². The number of carbonyl (C=O) groups is 1. The van der Waals surface area contributed by atoms with Gasteiger partial charge >= 0.3 is 0 Å². The monoisotopic (exact) mass is 312 g/mol. The number of rotatable bonds is 2. The minimum absolute atomic E-state index is 0. The van der Waals surface area contributed by atoms with Gasteiger partial charge in [0.15, 0.2) is 0 Å². The predicted octanol–water partition coefficient (Wildman–Crippen LogP) is 2.98. The first kappa shape index (κ1) is 15.6. The third-order valence-corrected chi connectivity index (χ3v) is 6.61. The van der Waals surface area contributed by atoms with E-state index in [1.807, 2.05) is 0 Å². The maximum Gasteiger partial charge on any atom is 0.226 e. The maximum atomic E-state index is 13.0. The molecule has 0 bridgehead atoms. The van der Waals surface area contributed by atoms with Crippen LogP contribution in [-0.2, 0) is 4.79 Å². The van der Waals surface area contributed by atoms with Crippen LogP contribution >= 0.6 is 12.4 Å². The molecule has 3 nitrogen and oxygen atoms in total. The largest absolute Gasteiger partial charge is 0.339 e. The zero-order valence-electron chi connectivity index (χ0n) is 13.0. The Balaban J connectivity index is 0.00000132. The lowest BCUT2D eigenvalue weighted by atomic mass is 9.91. The van der Waals surface area contributed by atoms with E-state index in [9.17, 15) is 4.79 Å². The molecule has 4 heteroatoms. The van der Waals surface area contributed by atoms with Crippen molar-refractivity contribution >= 4 is 18.3 Å². The van der Waals surface area contributed by atoms with E-state index in [1.165, 1.54) is 57.8 Å². The molecule has 120 valence electrons. The summed E-state index contributed by atoms with van der Waals surface area (Å²) < 4.78 is 0. The summed E-state index contributed by atoms with van der Waals surface area (Å²) in [6.07, 6.45) is 11.7. The van der Waals surface area contributed by atoms with Gasteiger partial charge in [0.2, 0.25) is 5.91 Å². The third kappa shape index (κ3) is 2.72. The summed E-state index contributed by atoms with van der Waals surface area (Å²) in [7, 11) is 0. The fourth-order valence-electron chi connectivity index (χ4n) is 5.27. The zero-order valence-corrected chi connectivity index (χ0v) is 13.8. The summed E-state index contributed by atoms with van der Waals surface area (Å²) in [5.41, 5.74) is 0.408. The quantitative estimate of drug-likeness (QED) is 0.850. The SMILES string of the molecule is Cl.O=C(C1CC12CCNCC2)N1CCCC1C1CCCC1. The van der Waals surface area contributed by atoms with E-state index in [1.54, 1.807) is 0 Å². The Morgan fingerprint density at radius 2 is 1.76 bits per heavy atom. The van der Waals surface area contributed by atoms with Gasteiger partial charge in [-0.05, 0) is 69.4 Å². The van der Waals surface area contributed by atoms with Crippen LogP contribution in [0.4, 0.5) is 0 Å². The standard InChI is InChI=1S/C17H28N2O.ClH/c20-16(14-12-17(14)7-9-18-10-8-17)19-11-3-6-15(19)13-4-1-2-5-13;/h13-15,18H,1-12H2;1H. The van der Waals surface area contributed by atoms with Gasteiger partial charge in [0.1, 0.15) is 0 Å². The van der Waals surface area contributed by atoms with Gasteiger partial charge in [-0.3, -0.25) is 4.79 Å². The molecule has 2 atom stereocenters. The molecule has 21 heavy (non-hydrogen) atoms. The van der Waals surface area contributed by atoms with E-state index in [0.29, 0.717) is 23.3 Å². The third-order valence-electron chi connectivity index (χ3n) is 6.61. The Bertz CT molecular complexity index is 388. The molecule has 4 fully saturated rings. The van der Waals surface area contributed by atoms with Crippen LogP contribution in [0.3, 0.4) is 0 Å². The molecule has 2 unspecified atom stereocenters. The second-order valence-electron chi connectivity index (χ2n) is 7.65. The summed E-state index contributed by atoms with van der Waals surface area (Å²) in [5.74, 6) is 1.73. The Kier molecular flexibility index (Phi) is 4.52. The lowest BCUT2D eigenvalue weighted by Crippen LogP contribution is -2.42. The van der Waals surface area contributed by atoms with E-state index < -0.39 is 0 Å². The topological polar surface area (TPSA) is 32.3 Å². The minimum atomic E-state index is 0. The summed E-state index contributed by atoms with van der Waals surface area (Å²) in [5, 5.41) is 3.44. The lowest BCUT2D eigenvalue weighted by Gasteiger charge is -2.31. The average Bonchev–Trinajstić information content (AvgIpc) is 2.95. The molecular weight excluding hydrogens is 284 g/mol. The van der Waals surface area contributed by atoms with Crippen molar-refractivity contribution in [3.05, 3.63) is 0 Å². The van der Waals surface area contributed by atoms with E-state index >= 15 is 0 Å². The fraction of sp³-hybridized carbons (Fsp3) is 0.941. The van der Waals surface area contributed by atoms with Crippen molar-refractivity contribution in [2.45, 2.75) is 63.8 Å². The Hall–Kier alpha value is -0.280. The number of carbonyl (C=O) groups excluding carboxylic acids is 1. The van der Waals surface area contributed by atoms with Crippen LogP contribution in [0.15, 0.2) is 0 Å². The number of hydrogen-bond donors (Lipinski definition) is 1. The Labute approximate surface area is 134 Å². The first-order valence-corrected chi connectivity index (χ1v) is 8.81. The summed E-state index contributed by atoms with van der Waals surface area (Å²) in [6.45, 7) is 3.29. The molecule has 4 rings (SSSR count). The summed E-state index contributed by atoms with van der Waals surface area (Å²) in [6, 6.07) is 0.601. The van der Waals surface area contributed by atoms with E-state index in [4.69, 9.17) is 0 Å². The first-order chi connectivity index (χ1) is 9.80. The van der Waals surface area contributed by atoms with Crippen molar-refractivity contribution in [1.29, 1.82) is 0 Å². The molecule has 1 spiro atoms. The number of amides is 1. The molecule has 2 aliphatic heterocycles. The normalized spacial score (nSPS) is 35.0. The molecule has 0 aromatic rings. The van der Waals surface area contributed by atoms with E-state index in [2.05, 4.69) is 10.2 Å². The van der Waals surface area contributed by atoms with E-state index in [0.717, 1.165) is 25.6 Å². The van der Waals surface area contributed by atoms with Crippen molar-refractivity contribution < 1.29 is 4.79 Å². The van der Waals surface area contributed by atoms with Crippen LogP contribution in [0, 0.1) is 17.3 Å². The van der Waals surface area contributed by atoms with Gasteiger partial charge in [-0.15, -0.1) is 12.4 Å². The molecule has 0 aromatic heterocycles. The minimum Gasteiger partial charge on any atom is -0.339 e. The Morgan fingerprint density at radius 1 is 1.05 bits per heavy atom. The molecule has 2 aliphatic carbocycles. The highest BCUT2D eigenvalue weighted by molar-refractivity contribution is 5.85. The molecule has 2 saturated carbocycles. The van der Waals surface area contributed by atoms with Gasteiger partial charge in [-0.2, -0.15) is 0 Å². The van der Waals surface area contributed by atoms with Gasteiger partial charge in [0.05, 0.1) is 0 Å². The summed E-state index contributed by atoms with van der Waals surface area (Å²) in [4.78, 5) is 15.3. The first-order valence-electron chi connectivity index (χ1n) is 8.81. The van der Waals surface area contributed by atoms with Gasteiger partial charge in [0.25, 0.3) is 0 Å². The molecular formula is C17H29ClN2O. The number of likely N-dealkylation sites (tertiary alicyclic amines) is 1. The highest BCUT2D eigenvalue weighted by Crippen LogP contribution is 2.59. The second-order valence-corrected chi connectivity index (χ2v) is 7.65. The molecule has 1 amide bonds. The molecule has 4 aliphatic rings. The maximum absolute atomic E-state index is 13.0. The van der Waals surface area contributed by atoms with Gasteiger partial charge in [-0.25, -0.2) is 0 Å². The number of halogens is 1. The van der Waals surface area contributed by atoms with Gasteiger partial charge < -0.3 is 10.2 Å². The number of nitrogens with one attached hydrogen (secondary N) is 1. The molecule has 0 aromatic carbocycles. The smallest absolute Gasteiger partial charge is 0.226 e. The van der Waals surface area contributed by atoms with Crippen LogP contribution in [0.1, 0.15) is 57.8 Å². The van der Waals surface area contributed by atoms with Crippen molar-refractivity contribution in [3.63, 3.8) is 0 Å².